The summed E-state index contributed by atoms with van der Waals surface area (Å²) in [5.41, 5.74) is 6.00. The highest BCUT2D eigenvalue weighted by Gasteiger charge is 2.22. The average molecular weight is 214 g/mol. The van der Waals surface area contributed by atoms with Gasteiger partial charge in [-0.2, -0.15) is 0 Å². The molecule has 2 unspecified atom stereocenters. The van der Waals surface area contributed by atoms with E-state index in [1.165, 1.54) is 38.5 Å². The van der Waals surface area contributed by atoms with E-state index in [4.69, 9.17) is 5.73 Å². The monoisotopic (exact) mass is 214 g/mol. The predicted molar refractivity (Wildman–Crippen MR) is 69.1 cm³/mol. The molecule has 0 saturated heterocycles. The molecule has 2 atom stereocenters. The molecule has 3 N–H and O–H groups in total. The molecule has 15 heavy (non-hydrogen) atoms. The first kappa shape index (κ1) is 14.9. The Bertz CT molecular complexity index is 147. The van der Waals surface area contributed by atoms with E-state index in [1.807, 2.05) is 0 Å². The van der Waals surface area contributed by atoms with Crippen LogP contribution in [0.1, 0.15) is 66.2 Å². The van der Waals surface area contributed by atoms with Gasteiger partial charge >= 0.3 is 0 Å². The van der Waals surface area contributed by atoms with Gasteiger partial charge in [-0.3, -0.25) is 0 Å². The lowest BCUT2D eigenvalue weighted by Gasteiger charge is -2.33. The zero-order valence-electron chi connectivity index (χ0n) is 11.1. The van der Waals surface area contributed by atoms with Crippen LogP contribution in [-0.4, -0.2) is 18.1 Å². The molecule has 0 saturated carbocycles. The third-order valence-electron chi connectivity index (χ3n) is 3.24. The Kier molecular flexibility index (Phi) is 8.07. The van der Waals surface area contributed by atoms with E-state index in [-0.39, 0.29) is 5.54 Å². The van der Waals surface area contributed by atoms with Gasteiger partial charge in [0.05, 0.1) is 0 Å². The Labute approximate surface area is 96.0 Å². The van der Waals surface area contributed by atoms with Crippen molar-refractivity contribution in [1.82, 2.24) is 5.32 Å². The van der Waals surface area contributed by atoms with E-state index >= 15 is 0 Å². The summed E-state index contributed by atoms with van der Waals surface area (Å²) in [4.78, 5) is 0. The van der Waals surface area contributed by atoms with Crippen molar-refractivity contribution in [3.05, 3.63) is 0 Å². The lowest BCUT2D eigenvalue weighted by Crippen LogP contribution is -2.52. The van der Waals surface area contributed by atoms with Gasteiger partial charge in [0.1, 0.15) is 0 Å². The minimum absolute atomic E-state index is 0.142. The van der Waals surface area contributed by atoms with Crippen molar-refractivity contribution in [1.29, 1.82) is 0 Å². The summed E-state index contributed by atoms with van der Waals surface area (Å²) >= 11 is 0. The first-order valence-corrected chi connectivity index (χ1v) is 6.55. The van der Waals surface area contributed by atoms with Crippen molar-refractivity contribution >= 4 is 0 Å². The summed E-state index contributed by atoms with van der Waals surface area (Å²) in [5.74, 6) is 0. The molecule has 0 aromatic heterocycles. The van der Waals surface area contributed by atoms with Crippen LogP contribution in [0, 0.1) is 0 Å². The predicted octanol–water partition coefficient (Wildman–Crippen LogP) is 3.06. The average Bonchev–Trinajstić information content (AvgIpc) is 2.24. The first-order valence-electron chi connectivity index (χ1n) is 6.55. The second-order valence-electron chi connectivity index (χ2n) is 5.03. The van der Waals surface area contributed by atoms with Gasteiger partial charge < -0.3 is 11.1 Å². The van der Waals surface area contributed by atoms with Crippen LogP contribution in [0.3, 0.4) is 0 Å². The lowest BCUT2D eigenvalue weighted by atomic mass is 9.93. The highest BCUT2D eigenvalue weighted by molar-refractivity contribution is 4.86. The maximum atomic E-state index is 5.86. The van der Waals surface area contributed by atoms with E-state index in [9.17, 15) is 0 Å². The van der Waals surface area contributed by atoms with Gasteiger partial charge in [-0.1, -0.05) is 39.5 Å². The van der Waals surface area contributed by atoms with Crippen molar-refractivity contribution in [2.75, 3.05) is 6.54 Å². The molecular formula is C13H30N2. The first-order chi connectivity index (χ1) is 7.08. The van der Waals surface area contributed by atoms with Gasteiger partial charge in [0.25, 0.3) is 0 Å². The molecule has 0 heterocycles. The maximum Gasteiger partial charge on any atom is 0.0278 e. The van der Waals surface area contributed by atoms with Crippen molar-refractivity contribution < 1.29 is 0 Å². The molecular weight excluding hydrogens is 184 g/mol. The molecule has 0 aromatic carbocycles. The normalized spacial score (nSPS) is 17.4. The molecule has 0 aromatic rings. The van der Waals surface area contributed by atoms with Gasteiger partial charge in [-0.05, 0) is 26.7 Å². The Morgan fingerprint density at radius 2 is 1.87 bits per heavy atom. The van der Waals surface area contributed by atoms with E-state index in [0.717, 1.165) is 6.54 Å². The molecule has 0 aliphatic rings. The Hall–Kier alpha value is -0.0800. The molecule has 92 valence electrons. The van der Waals surface area contributed by atoms with Crippen molar-refractivity contribution in [2.45, 2.75) is 77.8 Å². The number of hydrogen-bond acceptors (Lipinski definition) is 2. The highest BCUT2D eigenvalue weighted by atomic mass is 15.0. The number of rotatable bonds is 9. The van der Waals surface area contributed by atoms with Crippen LogP contribution >= 0.6 is 0 Å². The van der Waals surface area contributed by atoms with Crippen molar-refractivity contribution in [3.63, 3.8) is 0 Å². The van der Waals surface area contributed by atoms with Crippen LogP contribution in [0.4, 0.5) is 0 Å². The minimum Gasteiger partial charge on any atom is -0.329 e. The molecule has 2 nitrogen and oxygen atoms in total. The van der Waals surface area contributed by atoms with Gasteiger partial charge in [0.2, 0.25) is 0 Å². The SMILES string of the molecule is CCCCCCC(C)(CN)NC(C)CC. The standard InChI is InChI=1S/C13H30N2/c1-5-7-8-9-10-13(4,11-14)15-12(3)6-2/h12,15H,5-11,14H2,1-4H3. The quantitative estimate of drug-likeness (QED) is 0.579. The van der Waals surface area contributed by atoms with E-state index in [2.05, 4.69) is 33.0 Å². The Morgan fingerprint density at radius 1 is 1.20 bits per heavy atom. The lowest BCUT2D eigenvalue weighted by molar-refractivity contribution is 0.291. The summed E-state index contributed by atoms with van der Waals surface area (Å²) in [6, 6.07) is 0.574. The fraction of sp³-hybridized carbons (Fsp3) is 1.00. The summed E-state index contributed by atoms with van der Waals surface area (Å²) < 4.78 is 0. The molecule has 0 radical (unpaired) electrons. The molecule has 0 aliphatic carbocycles. The minimum atomic E-state index is 0.142. The summed E-state index contributed by atoms with van der Waals surface area (Å²) in [5, 5.41) is 3.64. The van der Waals surface area contributed by atoms with E-state index < -0.39 is 0 Å². The fourth-order valence-electron chi connectivity index (χ4n) is 1.87. The zero-order chi connectivity index (χ0) is 11.7. The molecule has 0 rings (SSSR count). The molecule has 2 heteroatoms. The smallest absolute Gasteiger partial charge is 0.0278 e. The number of nitrogens with one attached hydrogen (secondary N) is 1. The third-order valence-corrected chi connectivity index (χ3v) is 3.24. The largest absolute Gasteiger partial charge is 0.329 e. The third kappa shape index (κ3) is 6.91. The summed E-state index contributed by atoms with van der Waals surface area (Å²) in [6.07, 6.45) is 7.67. The topological polar surface area (TPSA) is 38.0 Å². The van der Waals surface area contributed by atoms with Gasteiger partial charge in [-0.15, -0.1) is 0 Å². The van der Waals surface area contributed by atoms with Crippen LogP contribution in [0.15, 0.2) is 0 Å². The Morgan fingerprint density at radius 3 is 2.33 bits per heavy atom. The van der Waals surface area contributed by atoms with E-state index in [0.29, 0.717) is 6.04 Å². The van der Waals surface area contributed by atoms with E-state index in [1.54, 1.807) is 0 Å². The molecule has 0 bridgehead atoms. The fourth-order valence-corrected chi connectivity index (χ4v) is 1.87. The van der Waals surface area contributed by atoms with Crippen molar-refractivity contribution in [3.8, 4) is 0 Å². The maximum absolute atomic E-state index is 5.86. The van der Waals surface area contributed by atoms with Gasteiger partial charge in [-0.25, -0.2) is 0 Å². The second kappa shape index (κ2) is 8.12. The number of nitrogens with two attached hydrogens (primary N) is 1. The number of unbranched alkanes of at least 4 members (excludes halogenated alkanes) is 3. The van der Waals surface area contributed by atoms with Gasteiger partial charge in [0, 0.05) is 18.1 Å². The van der Waals surface area contributed by atoms with Crippen LogP contribution in [0.5, 0.6) is 0 Å². The molecule has 0 aliphatic heterocycles. The van der Waals surface area contributed by atoms with Crippen LogP contribution in [0.25, 0.3) is 0 Å². The van der Waals surface area contributed by atoms with Crippen LogP contribution in [-0.2, 0) is 0 Å². The second-order valence-corrected chi connectivity index (χ2v) is 5.03. The van der Waals surface area contributed by atoms with Crippen LogP contribution < -0.4 is 11.1 Å². The molecule has 0 fully saturated rings. The van der Waals surface area contributed by atoms with Gasteiger partial charge in [0.15, 0.2) is 0 Å². The molecule has 0 spiro atoms. The number of hydrogen-bond donors (Lipinski definition) is 2. The highest BCUT2D eigenvalue weighted by Crippen LogP contribution is 2.15. The summed E-state index contributed by atoms with van der Waals surface area (Å²) in [7, 11) is 0. The zero-order valence-corrected chi connectivity index (χ0v) is 11.1. The Balaban J connectivity index is 3.85. The summed E-state index contributed by atoms with van der Waals surface area (Å²) in [6.45, 7) is 9.69. The molecule has 0 amide bonds. The van der Waals surface area contributed by atoms with Crippen LogP contribution in [0.2, 0.25) is 0 Å². The van der Waals surface area contributed by atoms with Crippen molar-refractivity contribution in [2.24, 2.45) is 5.73 Å².